The Morgan fingerprint density at radius 1 is 1.26 bits per heavy atom. The predicted molar refractivity (Wildman–Crippen MR) is 132 cm³/mol. The minimum absolute atomic E-state index is 0.0532. The van der Waals surface area contributed by atoms with Crippen LogP contribution in [0.4, 0.5) is 15.8 Å². The van der Waals surface area contributed by atoms with Crippen molar-refractivity contribution in [3.63, 3.8) is 0 Å². The van der Waals surface area contributed by atoms with Gasteiger partial charge in [0, 0.05) is 31.4 Å². The highest BCUT2D eigenvalue weighted by Crippen LogP contribution is 2.44. The van der Waals surface area contributed by atoms with E-state index in [1.165, 1.54) is 34.3 Å². The molecule has 0 saturated heterocycles. The summed E-state index contributed by atoms with van der Waals surface area (Å²) in [5, 5.41) is 8.88. The van der Waals surface area contributed by atoms with Crippen molar-refractivity contribution in [3.05, 3.63) is 54.6 Å². The number of hydrogen-bond donors (Lipinski definition) is 1. The molecular formula is C24H29FN2O5S2. The number of aliphatic carboxylic acids is 1. The summed E-state index contributed by atoms with van der Waals surface area (Å²) >= 11 is 1.45. The average Bonchev–Trinajstić information content (AvgIpc) is 2.87. The summed E-state index contributed by atoms with van der Waals surface area (Å²) in [4.78, 5) is 13.5. The fraction of sp³-hybridized carbons (Fsp3) is 0.375. The molecule has 7 nitrogen and oxygen atoms in total. The van der Waals surface area contributed by atoms with E-state index in [0.29, 0.717) is 35.0 Å². The average molecular weight is 509 g/mol. The van der Waals surface area contributed by atoms with Gasteiger partial charge < -0.3 is 14.7 Å². The number of hydrogen-bond acceptors (Lipinski definition) is 6. The van der Waals surface area contributed by atoms with Crippen LogP contribution >= 0.6 is 11.8 Å². The summed E-state index contributed by atoms with van der Waals surface area (Å²) in [6.45, 7) is 4.42. The standard InChI is InChI=1S/C24H29FN2O5S2/c1-4-6-7-19-16-27(18-10-8-17(25)9-11-18)20-14-22(33-5-2)21(32-13-12-24(28)29)15-23(20)34(30,31)26(19)3/h8-15,19H,4-7,16H2,1-3H3,(H,28,29)/b13-12+/t19-/m0/s1. The lowest BCUT2D eigenvalue weighted by molar-refractivity contribution is -0.131. The molecule has 1 N–H and O–H groups in total. The fourth-order valence-corrected chi connectivity index (χ4v) is 6.15. The van der Waals surface area contributed by atoms with E-state index < -0.39 is 16.0 Å². The summed E-state index contributed by atoms with van der Waals surface area (Å²) in [5.74, 6) is -0.596. The Labute approximate surface area is 204 Å². The van der Waals surface area contributed by atoms with Crippen molar-refractivity contribution in [2.45, 2.75) is 48.9 Å². The van der Waals surface area contributed by atoms with E-state index in [2.05, 4.69) is 6.92 Å². The van der Waals surface area contributed by atoms with Crippen molar-refractivity contribution in [1.82, 2.24) is 4.31 Å². The van der Waals surface area contributed by atoms with Crippen LogP contribution in [-0.4, -0.2) is 49.2 Å². The Kier molecular flexibility index (Phi) is 8.62. The van der Waals surface area contributed by atoms with Gasteiger partial charge in [0.25, 0.3) is 0 Å². The van der Waals surface area contributed by atoms with E-state index in [-0.39, 0.29) is 22.5 Å². The summed E-state index contributed by atoms with van der Waals surface area (Å²) in [5.41, 5.74) is 1.16. The number of likely N-dealkylation sites (N-methyl/N-ethyl adjacent to an activating group) is 1. The molecule has 0 aliphatic carbocycles. The summed E-state index contributed by atoms with van der Waals surface area (Å²) in [6.07, 6.45) is 4.35. The van der Waals surface area contributed by atoms with Gasteiger partial charge in [0.2, 0.25) is 10.0 Å². The second-order valence-corrected chi connectivity index (χ2v) is 11.1. The third-order valence-electron chi connectivity index (χ3n) is 5.62. The summed E-state index contributed by atoms with van der Waals surface area (Å²) in [7, 11) is -2.32. The van der Waals surface area contributed by atoms with E-state index in [1.54, 1.807) is 25.2 Å². The van der Waals surface area contributed by atoms with Crippen molar-refractivity contribution < 1.29 is 27.4 Å². The van der Waals surface area contributed by atoms with Crippen LogP contribution in [0.5, 0.6) is 5.75 Å². The first kappa shape index (κ1) is 26.1. The Bertz CT molecular complexity index is 1150. The van der Waals surface area contributed by atoms with Crippen LogP contribution in [0.1, 0.15) is 33.1 Å². The lowest BCUT2D eigenvalue weighted by Gasteiger charge is -2.29. The number of fused-ring (bicyclic) bond motifs is 1. The van der Waals surface area contributed by atoms with Gasteiger partial charge in [-0.15, -0.1) is 11.8 Å². The highest BCUT2D eigenvalue weighted by Gasteiger charge is 2.37. The number of carboxylic acids is 1. The van der Waals surface area contributed by atoms with E-state index in [0.717, 1.165) is 25.2 Å². The van der Waals surface area contributed by atoms with Gasteiger partial charge in [-0.1, -0.05) is 26.7 Å². The number of carboxylic acid groups (broad SMARTS) is 1. The highest BCUT2D eigenvalue weighted by atomic mass is 32.2. The molecule has 0 fully saturated rings. The smallest absolute Gasteiger partial charge is 0.331 e. The largest absolute Gasteiger partial charge is 0.478 e. The minimum atomic E-state index is -3.89. The van der Waals surface area contributed by atoms with Crippen molar-refractivity contribution in [2.24, 2.45) is 0 Å². The number of unbranched alkanes of at least 4 members (excludes halogenated alkanes) is 1. The molecule has 0 amide bonds. The monoisotopic (exact) mass is 508 g/mol. The maximum atomic E-state index is 13.7. The van der Waals surface area contributed by atoms with Gasteiger partial charge in [-0.25, -0.2) is 17.6 Å². The van der Waals surface area contributed by atoms with Crippen LogP contribution in [0.3, 0.4) is 0 Å². The minimum Gasteiger partial charge on any atom is -0.478 e. The highest BCUT2D eigenvalue weighted by molar-refractivity contribution is 7.99. The maximum absolute atomic E-state index is 13.7. The Balaban J connectivity index is 2.22. The molecule has 0 radical (unpaired) electrons. The normalized spacial score (nSPS) is 18.0. The van der Waals surface area contributed by atoms with Crippen molar-refractivity contribution >= 4 is 39.1 Å². The second kappa shape index (κ2) is 11.2. The Morgan fingerprint density at radius 2 is 1.97 bits per heavy atom. The van der Waals surface area contributed by atoms with Crippen molar-refractivity contribution in [2.75, 3.05) is 24.2 Å². The number of ether oxygens (including phenoxy) is 1. The second-order valence-electron chi connectivity index (χ2n) is 7.86. The molecule has 34 heavy (non-hydrogen) atoms. The number of thioether (sulfide) groups is 1. The molecule has 1 aliphatic rings. The van der Waals surface area contributed by atoms with Gasteiger partial charge in [-0.3, -0.25) is 0 Å². The molecule has 0 aromatic heterocycles. The number of sulfonamides is 1. The predicted octanol–water partition coefficient (Wildman–Crippen LogP) is 5.25. The van der Waals surface area contributed by atoms with Crippen LogP contribution in [0.15, 0.2) is 58.5 Å². The van der Waals surface area contributed by atoms with Gasteiger partial charge >= 0.3 is 5.97 Å². The Morgan fingerprint density at radius 3 is 2.59 bits per heavy atom. The van der Waals surface area contributed by atoms with Gasteiger partial charge in [0.05, 0.1) is 22.9 Å². The number of halogens is 1. The molecule has 1 heterocycles. The molecule has 2 aromatic rings. The van der Waals surface area contributed by atoms with Gasteiger partial charge in [-0.05, 0) is 42.5 Å². The fourth-order valence-electron chi connectivity index (χ4n) is 3.83. The SMILES string of the molecule is CCCC[C@H]1CN(c2ccc(F)cc2)c2cc(SCC)c(O/C=C/C(=O)O)cc2S(=O)(=O)N1C. The van der Waals surface area contributed by atoms with Crippen LogP contribution in [0, 0.1) is 5.82 Å². The first-order chi connectivity index (χ1) is 16.2. The molecule has 0 spiro atoms. The lowest BCUT2D eigenvalue weighted by atomic mass is 10.1. The van der Waals surface area contributed by atoms with Crippen LogP contribution in [-0.2, 0) is 14.8 Å². The molecule has 1 aliphatic heterocycles. The number of carbonyl (C=O) groups is 1. The first-order valence-electron chi connectivity index (χ1n) is 11.1. The number of rotatable bonds is 9. The number of benzene rings is 2. The van der Waals surface area contributed by atoms with Gasteiger partial charge in [0.1, 0.15) is 16.5 Å². The van der Waals surface area contributed by atoms with E-state index in [9.17, 15) is 17.6 Å². The van der Waals surface area contributed by atoms with Gasteiger partial charge in [-0.2, -0.15) is 4.31 Å². The molecule has 0 saturated carbocycles. The Hall–Kier alpha value is -2.56. The zero-order chi connectivity index (χ0) is 24.9. The third kappa shape index (κ3) is 5.73. The van der Waals surface area contributed by atoms with Crippen LogP contribution < -0.4 is 9.64 Å². The number of nitrogens with zero attached hydrogens (tertiary/aromatic N) is 2. The molecule has 10 heteroatoms. The molecule has 2 aromatic carbocycles. The van der Waals surface area contributed by atoms with Crippen LogP contribution in [0.2, 0.25) is 0 Å². The van der Waals surface area contributed by atoms with Gasteiger partial charge in [0.15, 0.2) is 0 Å². The van der Waals surface area contributed by atoms with E-state index >= 15 is 0 Å². The summed E-state index contributed by atoms with van der Waals surface area (Å²) < 4.78 is 48.0. The van der Waals surface area contributed by atoms with E-state index in [4.69, 9.17) is 9.84 Å². The topological polar surface area (TPSA) is 87.1 Å². The zero-order valence-corrected chi connectivity index (χ0v) is 21.0. The molecule has 3 rings (SSSR count). The molecule has 184 valence electrons. The number of anilines is 2. The maximum Gasteiger partial charge on any atom is 0.331 e. The lowest BCUT2D eigenvalue weighted by Crippen LogP contribution is -2.40. The quantitative estimate of drug-likeness (QED) is 0.281. The third-order valence-corrected chi connectivity index (χ3v) is 8.47. The molecule has 0 unspecified atom stereocenters. The summed E-state index contributed by atoms with van der Waals surface area (Å²) in [6, 6.07) is 8.90. The van der Waals surface area contributed by atoms with Crippen molar-refractivity contribution in [1.29, 1.82) is 0 Å². The zero-order valence-electron chi connectivity index (χ0n) is 19.4. The van der Waals surface area contributed by atoms with E-state index in [1.807, 2.05) is 11.8 Å². The molecular weight excluding hydrogens is 479 g/mol. The molecule has 1 atom stereocenters. The molecule has 0 bridgehead atoms. The van der Waals surface area contributed by atoms with Crippen molar-refractivity contribution in [3.8, 4) is 5.75 Å². The first-order valence-corrected chi connectivity index (χ1v) is 13.5. The van der Waals surface area contributed by atoms with Crippen LogP contribution in [0.25, 0.3) is 0 Å².